The van der Waals surface area contributed by atoms with Gasteiger partial charge in [0.25, 0.3) is 0 Å². The first kappa shape index (κ1) is 13.3. The quantitative estimate of drug-likeness (QED) is 0.851. The van der Waals surface area contributed by atoms with Crippen LogP contribution in [0.15, 0.2) is 0 Å². The highest BCUT2D eigenvalue weighted by Gasteiger charge is 2.31. The Balaban J connectivity index is 2.20. The molecule has 0 aliphatic heterocycles. The Morgan fingerprint density at radius 1 is 1.50 bits per heavy atom. The predicted molar refractivity (Wildman–Crippen MR) is 73.3 cm³/mol. The third kappa shape index (κ3) is 2.66. The van der Waals surface area contributed by atoms with Crippen molar-refractivity contribution >= 4 is 22.5 Å². The third-order valence-corrected chi connectivity index (χ3v) is 4.32. The smallest absolute Gasteiger partial charge is 0.343 e. The van der Waals surface area contributed by atoms with Gasteiger partial charge in [-0.3, -0.25) is 0 Å². The second-order valence-corrected chi connectivity index (χ2v) is 5.86. The van der Waals surface area contributed by atoms with Gasteiger partial charge in [-0.05, 0) is 45.1 Å². The summed E-state index contributed by atoms with van der Waals surface area (Å²) in [7, 11) is 0. The lowest BCUT2D eigenvalue weighted by atomic mass is 10.0. The van der Waals surface area contributed by atoms with Crippen LogP contribution in [0.1, 0.15) is 55.6 Å². The SMILES string of the molecule is CCOC(=O)c1c(C)nsc1NC1(C)CCCC1. The molecule has 1 N–H and O–H groups in total. The normalized spacial score (nSPS) is 17.7. The zero-order chi connectivity index (χ0) is 13.2. The molecular formula is C13H20N2O2S. The standard InChI is InChI=1S/C13H20N2O2S/c1-4-17-12(16)10-9(2)15-18-11(10)14-13(3)7-5-6-8-13/h14H,4-8H2,1-3H3. The Morgan fingerprint density at radius 3 is 2.78 bits per heavy atom. The van der Waals surface area contributed by atoms with Crippen molar-refractivity contribution in [3.8, 4) is 0 Å². The maximum Gasteiger partial charge on any atom is 0.343 e. The summed E-state index contributed by atoms with van der Waals surface area (Å²) in [5.41, 5.74) is 1.46. The molecule has 1 aromatic heterocycles. The van der Waals surface area contributed by atoms with Gasteiger partial charge in [-0.2, -0.15) is 4.37 Å². The number of rotatable bonds is 4. The molecule has 0 radical (unpaired) electrons. The van der Waals surface area contributed by atoms with Gasteiger partial charge < -0.3 is 10.1 Å². The molecule has 0 aromatic carbocycles. The molecule has 0 bridgehead atoms. The molecule has 5 heteroatoms. The first-order valence-corrected chi connectivity index (χ1v) is 7.24. The molecule has 0 amide bonds. The van der Waals surface area contributed by atoms with Crippen molar-refractivity contribution in [2.45, 2.75) is 52.0 Å². The highest BCUT2D eigenvalue weighted by Crippen LogP contribution is 2.36. The average Bonchev–Trinajstić information content (AvgIpc) is 2.87. The zero-order valence-corrected chi connectivity index (χ0v) is 12.0. The van der Waals surface area contributed by atoms with Gasteiger partial charge in [0, 0.05) is 5.54 Å². The van der Waals surface area contributed by atoms with E-state index in [-0.39, 0.29) is 11.5 Å². The Kier molecular flexibility index (Phi) is 3.90. The van der Waals surface area contributed by atoms with Crippen LogP contribution in [0.2, 0.25) is 0 Å². The van der Waals surface area contributed by atoms with E-state index in [9.17, 15) is 4.79 Å². The summed E-state index contributed by atoms with van der Waals surface area (Å²) in [6, 6.07) is 0. The number of carbonyl (C=O) groups is 1. The van der Waals surface area contributed by atoms with E-state index >= 15 is 0 Å². The monoisotopic (exact) mass is 268 g/mol. The maximum absolute atomic E-state index is 11.9. The molecule has 4 nitrogen and oxygen atoms in total. The molecule has 1 heterocycles. The largest absolute Gasteiger partial charge is 0.462 e. The Bertz CT molecular complexity index is 436. The molecule has 1 aliphatic carbocycles. The van der Waals surface area contributed by atoms with Crippen molar-refractivity contribution in [1.29, 1.82) is 0 Å². The van der Waals surface area contributed by atoms with Gasteiger partial charge in [0.1, 0.15) is 10.6 Å². The number of ether oxygens (including phenoxy) is 1. The van der Waals surface area contributed by atoms with Crippen molar-refractivity contribution < 1.29 is 9.53 Å². The van der Waals surface area contributed by atoms with Gasteiger partial charge >= 0.3 is 5.97 Å². The molecule has 0 unspecified atom stereocenters. The molecule has 1 aromatic rings. The van der Waals surface area contributed by atoms with E-state index in [4.69, 9.17) is 4.74 Å². The number of esters is 1. The minimum Gasteiger partial charge on any atom is -0.462 e. The molecular weight excluding hydrogens is 248 g/mol. The van der Waals surface area contributed by atoms with Gasteiger partial charge in [0.15, 0.2) is 0 Å². The third-order valence-electron chi connectivity index (χ3n) is 3.46. The summed E-state index contributed by atoms with van der Waals surface area (Å²) in [6.07, 6.45) is 4.78. The van der Waals surface area contributed by atoms with E-state index in [0.717, 1.165) is 23.5 Å². The number of nitrogens with zero attached hydrogens (tertiary/aromatic N) is 1. The van der Waals surface area contributed by atoms with E-state index in [0.29, 0.717) is 12.2 Å². The topological polar surface area (TPSA) is 51.2 Å². The van der Waals surface area contributed by atoms with Crippen LogP contribution in [0.5, 0.6) is 0 Å². The molecule has 0 atom stereocenters. The summed E-state index contributed by atoms with van der Waals surface area (Å²) in [6.45, 7) is 6.28. The van der Waals surface area contributed by atoms with Crippen molar-refractivity contribution in [3.63, 3.8) is 0 Å². The molecule has 0 spiro atoms. The summed E-state index contributed by atoms with van der Waals surface area (Å²) in [4.78, 5) is 11.9. The van der Waals surface area contributed by atoms with Gasteiger partial charge in [0.2, 0.25) is 0 Å². The van der Waals surface area contributed by atoms with Crippen molar-refractivity contribution in [2.75, 3.05) is 11.9 Å². The zero-order valence-electron chi connectivity index (χ0n) is 11.2. The van der Waals surface area contributed by atoms with Crippen LogP contribution in [0.3, 0.4) is 0 Å². The highest BCUT2D eigenvalue weighted by atomic mass is 32.1. The fraction of sp³-hybridized carbons (Fsp3) is 0.692. The number of hydrogen-bond acceptors (Lipinski definition) is 5. The Hall–Kier alpha value is -1.10. The summed E-state index contributed by atoms with van der Waals surface area (Å²) in [5, 5.41) is 4.36. The van der Waals surface area contributed by atoms with Crippen LogP contribution in [0.25, 0.3) is 0 Å². The summed E-state index contributed by atoms with van der Waals surface area (Å²) >= 11 is 1.35. The van der Waals surface area contributed by atoms with Crippen LogP contribution in [0, 0.1) is 6.92 Å². The van der Waals surface area contributed by atoms with Crippen LogP contribution >= 0.6 is 11.5 Å². The van der Waals surface area contributed by atoms with Crippen LogP contribution in [-0.4, -0.2) is 22.5 Å². The van der Waals surface area contributed by atoms with Gasteiger partial charge in [-0.15, -0.1) is 0 Å². The number of carbonyl (C=O) groups excluding carboxylic acids is 1. The lowest BCUT2D eigenvalue weighted by Crippen LogP contribution is -2.31. The fourth-order valence-electron chi connectivity index (χ4n) is 2.45. The Morgan fingerprint density at radius 2 is 2.17 bits per heavy atom. The minimum atomic E-state index is -0.271. The molecule has 0 saturated heterocycles. The lowest BCUT2D eigenvalue weighted by Gasteiger charge is -2.25. The van der Waals surface area contributed by atoms with Crippen LogP contribution in [-0.2, 0) is 4.74 Å². The molecule has 100 valence electrons. The second kappa shape index (κ2) is 5.26. The number of aromatic nitrogens is 1. The van der Waals surface area contributed by atoms with E-state index in [2.05, 4.69) is 16.6 Å². The number of hydrogen-bond donors (Lipinski definition) is 1. The number of anilines is 1. The first-order chi connectivity index (χ1) is 8.56. The number of nitrogens with one attached hydrogen (secondary N) is 1. The fourth-order valence-corrected chi connectivity index (χ4v) is 3.39. The first-order valence-electron chi connectivity index (χ1n) is 6.47. The van der Waals surface area contributed by atoms with E-state index in [1.807, 2.05) is 13.8 Å². The Labute approximate surface area is 112 Å². The van der Waals surface area contributed by atoms with Crippen molar-refractivity contribution in [1.82, 2.24) is 4.37 Å². The van der Waals surface area contributed by atoms with Crippen molar-refractivity contribution in [2.24, 2.45) is 0 Å². The minimum absolute atomic E-state index is 0.0974. The molecule has 18 heavy (non-hydrogen) atoms. The predicted octanol–water partition coefficient (Wildman–Crippen LogP) is 3.37. The number of aryl methyl sites for hydroxylation is 1. The second-order valence-electron chi connectivity index (χ2n) is 5.09. The van der Waals surface area contributed by atoms with E-state index in [1.54, 1.807) is 0 Å². The molecule has 2 rings (SSSR count). The van der Waals surface area contributed by atoms with Crippen LogP contribution < -0.4 is 5.32 Å². The average molecular weight is 268 g/mol. The lowest BCUT2D eigenvalue weighted by molar-refractivity contribution is 0.0527. The molecule has 1 aliphatic rings. The summed E-state index contributed by atoms with van der Waals surface area (Å²) in [5.74, 6) is -0.271. The molecule has 1 saturated carbocycles. The summed E-state index contributed by atoms with van der Waals surface area (Å²) < 4.78 is 9.36. The van der Waals surface area contributed by atoms with E-state index in [1.165, 1.54) is 24.4 Å². The van der Waals surface area contributed by atoms with Gasteiger partial charge in [-0.25, -0.2) is 4.79 Å². The van der Waals surface area contributed by atoms with Gasteiger partial charge in [0.05, 0.1) is 12.3 Å². The van der Waals surface area contributed by atoms with Crippen LogP contribution in [0.4, 0.5) is 5.00 Å². The maximum atomic E-state index is 11.9. The van der Waals surface area contributed by atoms with Gasteiger partial charge in [-0.1, -0.05) is 12.8 Å². The van der Waals surface area contributed by atoms with E-state index < -0.39 is 0 Å². The molecule has 1 fully saturated rings. The van der Waals surface area contributed by atoms with Crippen molar-refractivity contribution in [3.05, 3.63) is 11.3 Å². The highest BCUT2D eigenvalue weighted by molar-refractivity contribution is 7.10.